The fraction of sp³-hybridized carbons (Fsp3) is 0.143. The van der Waals surface area contributed by atoms with Crippen molar-refractivity contribution in [3.05, 3.63) is 144 Å². The van der Waals surface area contributed by atoms with Crippen molar-refractivity contribution in [1.29, 1.82) is 0 Å². The molecule has 0 saturated heterocycles. The molecule has 39 heavy (non-hydrogen) atoms. The third kappa shape index (κ3) is 14.0. The van der Waals surface area contributed by atoms with Crippen molar-refractivity contribution in [2.24, 2.45) is 0 Å². The zero-order chi connectivity index (χ0) is 27.1. The topological polar surface area (TPSA) is 117 Å². The average Bonchev–Trinajstić information content (AvgIpc) is 2.96. The molecule has 0 aliphatic rings. The van der Waals surface area contributed by atoms with Crippen molar-refractivity contribution in [2.45, 2.75) is 26.4 Å². The van der Waals surface area contributed by atoms with Crippen LogP contribution >= 0.6 is 15.6 Å². The van der Waals surface area contributed by atoms with E-state index in [1.54, 1.807) is 48.5 Å². The van der Waals surface area contributed by atoms with E-state index >= 15 is 0 Å². The monoisotopic (exact) mass is 612 g/mol. The Kier molecular flexibility index (Phi) is 14.6. The Bertz CT molecular complexity index is 1100. The molecule has 0 unspecified atom stereocenters. The van der Waals surface area contributed by atoms with E-state index in [0.717, 1.165) is 22.3 Å². The van der Waals surface area contributed by atoms with Crippen LogP contribution in [0.25, 0.3) is 0 Å². The molecule has 0 amide bonds. The molecule has 4 aromatic carbocycles. The summed E-state index contributed by atoms with van der Waals surface area (Å²) in [7, 11) is -8.55. The SMILES string of the molecule is O=P([O-])(OCc1ccccc1)OCc1ccccc1.O=P([O-])(OCc1ccccc1)OCc1ccccc1.[Ni+2]. The molecular weight excluding hydrogens is 585 g/mol. The Balaban J connectivity index is 0.000000267. The van der Waals surface area contributed by atoms with E-state index in [4.69, 9.17) is 18.1 Å². The van der Waals surface area contributed by atoms with Gasteiger partial charge in [-0.1, -0.05) is 121 Å². The number of hydrogen-bond donors (Lipinski definition) is 0. The average molecular weight is 613 g/mol. The van der Waals surface area contributed by atoms with Crippen LogP contribution in [0.15, 0.2) is 121 Å². The summed E-state index contributed by atoms with van der Waals surface area (Å²) in [5.74, 6) is 0. The molecular formula is C28H28NiO8P2. The zero-order valence-electron chi connectivity index (χ0n) is 20.9. The van der Waals surface area contributed by atoms with Crippen molar-refractivity contribution in [2.75, 3.05) is 0 Å². The van der Waals surface area contributed by atoms with Crippen LogP contribution in [-0.4, -0.2) is 0 Å². The second-order valence-corrected chi connectivity index (χ2v) is 10.8. The van der Waals surface area contributed by atoms with Gasteiger partial charge < -0.3 is 27.9 Å². The molecule has 0 atom stereocenters. The van der Waals surface area contributed by atoms with Gasteiger partial charge in [0.05, 0.1) is 26.4 Å². The quantitative estimate of drug-likeness (QED) is 0.146. The summed E-state index contributed by atoms with van der Waals surface area (Å²) < 4.78 is 42.4. The van der Waals surface area contributed by atoms with Gasteiger partial charge in [-0.05, 0) is 22.3 Å². The first-order valence-corrected chi connectivity index (χ1v) is 14.6. The minimum atomic E-state index is -4.27. The van der Waals surface area contributed by atoms with Crippen molar-refractivity contribution < 1.29 is 53.5 Å². The smallest absolute Gasteiger partial charge is 0.756 e. The Hall–Kier alpha value is -2.41. The van der Waals surface area contributed by atoms with Gasteiger partial charge in [-0.25, -0.2) is 0 Å². The summed E-state index contributed by atoms with van der Waals surface area (Å²) in [6, 6.07) is 36.3. The van der Waals surface area contributed by atoms with Crippen molar-refractivity contribution in [1.82, 2.24) is 0 Å². The van der Waals surface area contributed by atoms with Gasteiger partial charge in [-0.2, -0.15) is 0 Å². The first kappa shape index (κ1) is 32.8. The first-order valence-electron chi connectivity index (χ1n) is 11.7. The standard InChI is InChI=1S/2C14H15O4P.Ni/c2*15-19(16,17-11-13-7-3-1-4-8-13)18-12-14-9-5-2-6-10-14;/h2*1-10H,11-12H2,(H,15,16);/q;;+2/p-2. The van der Waals surface area contributed by atoms with Crippen LogP contribution in [-0.2, 0) is 70.1 Å². The van der Waals surface area contributed by atoms with Crippen molar-refractivity contribution in [3.63, 3.8) is 0 Å². The van der Waals surface area contributed by atoms with Crippen LogP contribution in [0, 0.1) is 0 Å². The fourth-order valence-electron chi connectivity index (χ4n) is 2.99. The Morgan fingerprint density at radius 1 is 0.410 bits per heavy atom. The molecule has 208 valence electrons. The van der Waals surface area contributed by atoms with Crippen LogP contribution in [0.2, 0.25) is 0 Å². The third-order valence-electron chi connectivity index (χ3n) is 4.93. The van der Waals surface area contributed by atoms with Crippen molar-refractivity contribution >= 4 is 15.6 Å². The minimum Gasteiger partial charge on any atom is -0.756 e. The van der Waals surface area contributed by atoms with E-state index in [0.29, 0.717) is 0 Å². The molecule has 0 radical (unpaired) electrons. The molecule has 0 aliphatic heterocycles. The number of benzene rings is 4. The maximum atomic E-state index is 11.6. The van der Waals surface area contributed by atoms with Gasteiger partial charge in [0.2, 0.25) is 0 Å². The predicted molar refractivity (Wildman–Crippen MR) is 140 cm³/mol. The summed E-state index contributed by atoms with van der Waals surface area (Å²) in [5, 5.41) is 0. The van der Waals surface area contributed by atoms with Crippen LogP contribution in [0.4, 0.5) is 0 Å². The number of phosphoric acid groups is 2. The maximum Gasteiger partial charge on any atom is 2.00 e. The Morgan fingerprint density at radius 2 is 0.590 bits per heavy atom. The van der Waals surface area contributed by atoms with Crippen LogP contribution < -0.4 is 9.79 Å². The molecule has 0 aliphatic carbocycles. The first-order chi connectivity index (χ1) is 18.3. The molecule has 0 N–H and O–H groups in total. The molecule has 0 bridgehead atoms. The minimum absolute atomic E-state index is 0. The van der Waals surface area contributed by atoms with Gasteiger partial charge in [-0.3, -0.25) is 9.13 Å². The molecule has 0 saturated carbocycles. The Labute approximate surface area is 238 Å². The van der Waals surface area contributed by atoms with E-state index in [1.807, 2.05) is 72.8 Å². The number of rotatable bonds is 12. The van der Waals surface area contributed by atoms with Crippen LogP contribution in [0.3, 0.4) is 0 Å². The molecule has 0 heterocycles. The van der Waals surface area contributed by atoms with Crippen LogP contribution in [0.5, 0.6) is 0 Å². The summed E-state index contributed by atoms with van der Waals surface area (Å²) >= 11 is 0. The number of hydrogen-bond acceptors (Lipinski definition) is 8. The molecule has 4 aromatic rings. The Morgan fingerprint density at radius 3 is 0.769 bits per heavy atom. The molecule has 4 rings (SSSR count). The molecule has 0 aromatic heterocycles. The van der Waals surface area contributed by atoms with E-state index in [9.17, 15) is 18.9 Å². The second kappa shape index (κ2) is 17.3. The molecule has 0 spiro atoms. The van der Waals surface area contributed by atoms with E-state index in [2.05, 4.69) is 0 Å². The predicted octanol–water partition coefficient (Wildman–Crippen LogP) is 5.77. The summed E-state index contributed by atoms with van der Waals surface area (Å²) in [5.41, 5.74) is 3.12. The van der Waals surface area contributed by atoms with E-state index in [1.165, 1.54) is 0 Å². The second-order valence-electron chi connectivity index (χ2n) is 7.93. The zero-order valence-corrected chi connectivity index (χ0v) is 23.6. The number of phosphoric ester groups is 2. The van der Waals surface area contributed by atoms with E-state index in [-0.39, 0.29) is 42.9 Å². The van der Waals surface area contributed by atoms with E-state index < -0.39 is 15.6 Å². The van der Waals surface area contributed by atoms with Gasteiger partial charge in [0, 0.05) is 0 Å². The van der Waals surface area contributed by atoms with Gasteiger partial charge in [0.15, 0.2) is 0 Å². The largest absolute Gasteiger partial charge is 2.00 e. The molecule has 11 heteroatoms. The normalized spacial score (nSPS) is 11.1. The third-order valence-corrected chi connectivity index (χ3v) is 6.71. The summed E-state index contributed by atoms with van der Waals surface area (Å²) in [6.07, 6.45) is 0. The van der Waals surface area contributed by atoms with Gasteiger partial charge in [0.25, 0.3) is 15.6 Å². The van der Waals surface area contributed by atoms with Gasteiger partial charge >= 0.3 is 16.5 Å². The fourth-order valence-corrected chi connectivity index (χ4v) is 4.36. The van der Waals surface area contributed by atoms with Crippen LogP contribution in [0.1, 0.15) is 22.3 Å². The maximum absolute atomic E-state index is 11.6. The molecule has 0 fully saturated rings. The summed E-state index contributed by atoms with van der Waals surface area (Å²) in [4.78, 5) is 23.1. The van der Waals surface area contributed by atoms with Crippen molar-refractivity contribution in [3.8, 4) is 0 Å². The summed E-state index contributed by atoms with van der Waals surface area (Å²) in [6.45, 7) is -0.0698. The van der Waals surface area contributed by atoms with Gasteiger partial charge in [-0.15, -0.1) is 0 Å². The molecule has 8 nitrogen and oxygen atoms in total. The van der Waals surface area contributed by atoms with Gasteiger partial charge in [0.1, 0.15) is 0 Å².